The second kappa shape index (κ2) is 4.00. The summed E-state index contributed by atoms with van der Waals surface area (Å²) >= 11 is 0. The molecule has 0 aromatic carbocycles. The Balaban J connectivity index is 1.61. The molecule has 0 aromatic rings. The minimum Gasteiger partial charge on any atom is -0.0620 e. The van der Waals surface area contributed by atoms with Crippen LogP contribution in [0.25, 0.3) is 0 Å². The van der Waals surface area contributed by atoms with Gasteiger partial charge in [0.15, 0.2) is 0 Å². The minimum atomic E-state index is 0.730. The quantitative estimate of drug-likeness (QED) is 0.591. The summed E-state index contributed by atoms with van der Waals surface area (Å²) < 4.78 is 0. The maximum atomic E-state index is 2.70. The van der Waals surface area contributed by atoms with Gasteiger partial charge in [-0.1, -0.05) is 26.7 Å². The first-order valence-corrected chi connectivity index (χ1v) is 8.67. The highest BCUT2D eigenvalue weighted by Gasteiger charge is 2.53. The summed E-state index contributed by atoms with van der Waals surface area (Å²) in [4.78, 5) is 0. The molecule has 0 saturated heterocycles. The summed E-state index contributed by atoms with van der Waals surface area (Å²) in [6.45, 7) is 5.31. The van der Waals surface area contributed by atoms with Crippen molar-refractivity contribution in [2.45, 2.75) is 71.6 Å². The van der Waals surface area contributed by atoms with Crippen molar-refractivity contribution < 1.29 is 0 Å². The molecule has 0 aliphatic heterocycles. The SMILES string of the molecule is CC1C2CCC(C2)CC1C1(C)CCC2CCC1C2. The molecule has 18 heavy (non-hydrogen) atoms. The van der Waals surface area contributed by atoms with Crippen LogP contribution in [-0.2, 0) is 0 Å². The standard InChI is InChI=1S/C18H30/c1-12-15-5-3-14(9-15)11-17(12)18(2)8-7-13-4-6-16(18)10-13/h12-17H,3-11H2,1-2H3. The van der Waals surface area contributed by atoms with Crippen molar-refractivity contribution in [1.82, 2.24) is 0 Å². The summed E-state index contributed by atoms with van der Waals surface area (Å²) in [5.41, 5.74) is 0.730. The van der Waals surface area contributed by atoms with Crippen LogP contribution in [0.1, 0.15) is 71.6 Å². The number of hydrogen-bond donors (Lipinski definition) is 0. The van der Waals surface area contributed by atoms with Gasteiger partial charge in [-0.25, -0.2) is 0 Å². The van der Waals surface area contributed by atoms with Crippen molar-refractivity contribution in [3.8, 4) is 0 Å². The van der Waals surface area contributed by atoms with Gasteiger partial charge in [0.2, 0.25) is 0 Å². The molecule has 0 heteroatoms. The van der Waals surface area contributed by atoms with Crippen molar-refractivity contribution in [3.63, 3.8) is 0 Å². The van der Waals surface area contributed by atoms with Gasteiger partial charge in [0, 0.05) is 0 Å². The second-order valence-corrected chi connectivity index (χ2v) is 8.56. The first kappa shape index (κ1) is 11.8. The van der Waals surface area contributed by atoms with Crippen molar-refractivity contribution in [2.24, 2.45) is 40.9 Å². The smallest absolute Gasteiger partial charge is 0.0266 e. The molecule has 4 aliphatic rings. The molecular weight excluding hydrogens is 216 g/mol. The lowest BCUT2D eigenvalue weighted by atomic mass is 9.54. The molecule has 4 bridgehead atoms. The summed E-state index contributed by atoms with van der Waals surface area (Å²) in [6.07, 6.45) is 14.2. The molecule has 0 radical (unpaired) electrons. The predicted molar refractivity (Wildman–Crippen MR) is 76.3 cm³/mol. The highest BCUT2D eigenvalue weighted by molar-refractivity contribution is 5.02. The first-order chi connectivity index (χ1) is 8.67. The molecule has 0 aromatic heterocycles. The Bertz CT molecular complexity index is 333. The van der Waals surface area contributed by atoms with Crippen LogP contribution < -0.4 is 0 Å². The minimum absolute atomic E-state index is 0.730. The van der Waals surface area contributed by atoms with Crippen molar-refractivity contribution in [1.29, 1.82) is 0 Å². The van der Waals surface area contributed by atoms with E-state index in [-0.39, 0.29) is 0 Å². The molecule has 4 fully saturated rings. The van der Waals surface area contributed by atoms with Gasteiger partial charge >= 0.3 is 0 Å². The van der Waals surface area contributed by atoms with Crippen LogP contribution in [0.5, 0.6) is 0 Å². The van der Waals surface area contributed by atoms with Gasteiger partial charge in [0.25, 0.3) is 0 Å². The molecule has 102 valence electrons. The van der Waals surface area contributed by atoms with E-state index in [4.69, 9.17) is 0 Å². The number of fused-ring (bicyclic) bond motifs is 4. The Morgan fingerprint density at radius 3 is 2.56 bits per heavy atom. The maximum absolute atomic E-state index is 2.70. The fourth-order valence-electron chi connectivity index (χ4n) is 6.72. The Hall–Kier alpha value is 0. The van der Waals surface area contributed by atoms with E-state index in [1.54, 1.807) is 57.8 Å². The molecule has 0 spiro atoms. The molecule has 0 heterocycles. The van der Waals surface area contributed by atoms with Crippen molar-refractivity contribution in [2.75, 3.05) is 0 Å². The molecule has 7 atom stereocenters. The molecule has 0 amide bonds. The van der Waals surface area contributed by atoms with Crippen molar-refractivity contribution >= 4 is 0 Å². The topological polar surface area (TPSA) is 0 Å². The van der Waals surface area contributed by atoms with Gasteiger partial charge in [0.05, 0.1) is 0 Å². The lowest BCUT2D eigenvalue weighted by Gasteiger charge is -2.51. The van der Waals surface area contributed by atoms with Gasteiger partial charge in [-0.3, -0.25) is 0 Å². The second-order valence-electron chi connectivity index (χ2n) is 8.56. The molecule has 7 unspecified atom stereocenters. The zero-order valence-corrected chi connectivity index (χ0v) is 12.3. The van der Waals surface area contributed by atoms with Crippen molar-refractivity contribution in [3.05, 3.63) is 0 Å². The Labute approximate surface area is 113 Å². The summed E-state index contributed by atoms with van der Waals surface area (Å²) in [5.74, 6) is 6.55. The Morgan fingerprint density at radius 2 is 1.67 bits per heavy atom. The molecule has 0 N–H and O–H groups in total. The fourth-order valence-corrected chi connectivity index (χ4v) is 6.72. The van der Waals surface area contributed by atoms with Crippen LogP contribution in [0.2, 0.25) is 0 Å². The zero-order valence-electron chi connectivity index (χ0n) is 12.3. The van der Waals surface area contributed by atoms with Crippen LogP contribution in [0.15, 0.2) is 0 Å². The first-order valence-electron chi connectivity index (χ1n) is 8.67. The summed E-state index contributed by atoms with van der Waals surface area (Å²) in [5, 5.41) is 0. The fraction of sp³-hybridized carbons (Fsp3) is 1.00. The summed E-state index contributed by atoms with van der Waals surface area (Å²) in [6, 6.07) is 0. The normalized spacial score (nSPS) is 59.0. The van der Waals surface area contributed by atoms with Crippen LogP contribution in [0.4, 0.5) is 0 Å². The van der Waals surface area contributed by atoms with E-state index in [2.05, 4.69) is 13.8 Å². The number of hydrogen-bond acceptors (Lipinski definition) is 0. The Morgan fingerprint density at radius 1 is 0.833 bits per heavy atom. The van der Waals surface area contributed by atoms with Gasteiger partial charge in [-0.15, -0.1) is 0 Å². The van der Waals surface area contributed by atoms with E-state index >= 15 is 0 Å². The van der Waals surface area contributed by atoms with E-state index < -0.39 is 0 Å². The van der Waals surface area contributed by atoms with E-state index in [1.807, 2.05) is 0 Å². The van der Waals surface area contributed by atoms with Crippen LogP contribution in [0, 0.1) is 40.9 Å². The molecule has 4 rings (SSSR count). The molecule has 0 nitrogen and oxygen atoms in total. The Kier molecular flexibility index (Phi) is 2.62. The lowest BCUT2D eigenvalue weighted by molar-refractivity contribution is -0.0206. The predicted octanol–water partition coefficient (Wildman–Crippen LogP) is 5.28. The van der Waals surface area contributed by atoms with E-state index in [9.17, 15) is 0 Å². The molecular formula is C18H30. The third kappa shape index (κ3) is 1.56. The van der Waals surface area contributed by atoms with Gasteiger partial charge in [0.1, 0.15) is 0 Å². The monoisotopic (exact) mass is 246 g/mol. The van der Waals surface area contributed by atoms with Gasteiger partial charge in [-0.05, 0) is 85.9 Å². The van der Waals surface area contributed by atoms with Crippen LogP contribution >= 0.6 is 0 Å². The largest absolute Gasteiger partial charge is 0.0620 e. The average molecular weight is 246 g/mol. The van der Waals surface area contributed by atoms with Crippen LogP contribution in [-0.4, -0.2) is 0 Å². The van der Waals surface area contributed by atoms with E-state index in [0.717, 1.165) is 40.9 Å². The molecule has 4 saturated carbocycles. The number of rotatable bonds is 1. The third-order valence-corrected chi connectivity index (χ3v) is 7.96. The van der Waals surface area contributed by atoms with Gasteiger partial charge < -0.3 is 0 Å². The summed E-state index contributed by atoms with van der Waals surface area (Å²) in [7, 11) is 0. The van der Waals surface area contributed by atoms with E-state index in [1.165, 1.54) is 0 Å². The lowest BCUT2D eigenvalue weighted by Crippen LogP contribution is -2.43. The van der Waals surface area contributed by atoms with E-state index in [0.29, 0.717) is 0 Å². The molecule has 4 aliphatic carbocycles. The highest BCUT2D eigenvalue weighted by Crippen LogP contribution is 2.62. The zero-order chi connectivity index (χ0) is 12.3. The van der Waals surface area contributed by atoms with Gasteiger partial charge in [-0.2, -0.15) is 0 Å². The third-order valence-electron chi connectivity index (χ3n) is 7.96. The van der Waals surface area contributed by atoms with Crippen LogP contribution in [0.3, 0.4) is 0 Å². The highest BCUT2D eigenvalue weighted by atomic mass is 14.6. The maximum Gasteiger partial charge on any atom is -0.0266 e. The average Bonchev–Trinajstić information content (AvgIpc) is 2.96.